The van der Waals surface area contributed by atoms with E-state index in [9.17, 15) is 18.5 Å². The third-order valence-corrected chi connectivity index (χ3v) is 6.48. The maximum atomic E-state index is 13.2. The standard InChI is InChI=1S/C18H20N2O4S/c21-20(22)17-10-12-18(13-11-17)25(23,24)19(16-8-4-5-9-16)14-15-6-2-1-3-7-15/h1-3,6-7,10-13,16H,4-5,8-9,14H2. The molecule has 0 N–H and O–H groups in total. The van der Waals surface area contributed by atoms with Gasteiger partial charge in [-0.25, -0.2) is 8.42 Å². The molecule has 1 aliphatic rings. The number of hydrogen-bond donors (Lipinski definition) is 0. The Hall–Kier alpha value is -2.25. The van der Waals surface area contributed by atoms with Crippen molar-refractivity contribution in [1.29, 1.82) is 0 Å². The molecule has 0 aromatic heterocycles. The van der Waals surface area contributed by atoms with E-state index in [2.05, 4.69) is 0 Å². The van der Waals surface area contributed by atoms with Crippen LogP contribution in [0, 0.1) is 10.1 Å². The van der Waals surface area contributed by atoms with Crippen molar-refractivity contribution in [2.75, 3.05) is 0 Å². The zero-order chi connectivity index (χ0) is 17.9. The Balaban J connectivity index is 1.94. The van der Waals surface area contributed by atoms with Crippen LogP contribution in [-0.4, -0.2) is 23.7 Å². The van der Waals surface area contributed by atoms with Gasteiger partial charge in [-0.2, -0.15) is 4.31 Å². The van der Waals surface area contributed by atoms with E-state index < -0.39 is 14.9 Å². The molecule has 0 radical (unpaired) electrons. The summed E-state index contributed by atoms with van der Waals surface area (Å²) in [5, 5.41) is 10.8. The molecule has 2 aromatic rings. The lowest BCUT2D eigenvalue weighted by Crippen LogP contribution is -2.38. The van der Waals surface area contributed by atoms with E-state index in [0.717, 1.165) is 31.2 Å². The van der Waals surface area contributed by atoms with Crippen molar-refractivity contribution in [3.8, 4) is 0 Å². The van der Waals surface area contributed by atoms with Gasteiger partial charge in [0.05, 0.1) is 9.82 Å². The minimum Gasteiger partial charge on any atom is -0.258 e. The molecule has 0 amide bonds. The molecule has 0 spiro atoms. The first-order chi connectivity index (χ1) is 12.0. The predicted molar refractivity (Wildman–Crippen MR) is 94.5 cm³/mol. The van der Waals surface area contributed by atoms with Gasteiger partial charge in [0.2, 0.25) is 10.0 Å². The summed E-state index contributed by atoms with van der Waals surface area (Å²) >= 11 is 0. The Labute approximate surface area is 147 Å². The average molecular weight is 360 g/mol. The van der Waals surface area contributed by atoms with E-state index >= 15 is 0 Å². The molecule has 7 heteroatoms. The van der Waals surface area contributed by atoms with Crippen LogP contribution in [0.2, 0.25) is 0 Å². The molecule has 132 valence electrons. The normalized spacial score (nSPS) is 15.6. The number of non-ortho nitro benzene ring substituents is 1. The van der Waals surface area contributed by atoms with Gasteiger partial charge in [-0.15, -0.1) is 0 Å². The Bertz CT molecular complexity index is 829. The van der Waals surface area contributed by atoms with Gasteiger partial charge in [0.25, 0.3) is 5.69 Å². The van der Waals surface area contributed by atoms with Crippen molar-refractivity contribution in [1.82, 2.24) is 4.31 Å². The highest BCUT2D eigenvalue weighted by Crippen LogP contribution is 2.30. The largest absolute Gasteiger partial charge is 0.269 e. The molecule has 1 fully saturated rings. The van der Waals surface area contributed by atoms with Gasteiger partial charge in [0, 0.05) is 24.7 Å². The van der Waals surface area contributed by atoms with Gasteiger partial charge in [-0.3, -0.25) is 10.1 Å². The summed E-state index contributed by atoms with van der Waals surface area (Å²) in [6, 6.07) is 14.6. The zero-order valence-electron chi connectivity index (χ0n) is 13.7. The molecule has 0 saturated heterocycles. The van der Waals surface area contributed by atoms with Crippen molar-refractivity contribution in [3.63, 3.8) is 0 Å². The predicted octanol–water partition coefficient (Wildman–Crippen LogP) is 3.73. The Morgan fingerprint density at radius 3 is 2.16 bits per heavy atom. The van der Waals surface area contributed by atoms with Crippen LogP contribution in [0.3, 0.4) is 0 Å². The van der Waals surface area contributed by atoms with Crippen LogP contribution in [0.25, 0.3) is 0 Å². The van der Waals surface area contributed by atoms with Crippen molar-refractivity contribution < 1.29 is 13.3 Å². The van der Waals surface area contributed by atoms with Crippen LogP contribution < -0.4 is 0 Å². The number of rotatable bonds is 6. The second-order valence-corrected chi connectivity index (χ2v) is 8.12. The van der Waals surface area contributed by atoms with Gasteiger partial charge >= 0.3 is 0 Å². The molecule has 0 unspecified atom stereocenters. The van der Waals surface area contributed by atoms with Crippen molar-refractivity contribution in [2.24, 2.45) is 0 Å². The number of nitro benzene ring substituents is 1. The topological polar surface area (TPSA) is 80.5 Å². The lowest BCUT2D eigenvalue weighted by Gasteiger charge is -2.28. The van der Waals surface area contributed by atoms with E-state index in [4.69, 9.17) is 0 Å². The van der Waals surface area contributed by atoms with Crippen LogP contribution in [0.4, 0.5) is 5.69 Å². The third-order valence-electron chi connectivity index (χ3n) is 4.57. The van der Waals surface area contributed by atoms with Crippen LogP contribution >= 0.6 is 0 Å². The van der Waals surface area contributed by atoms with E-state index in [1.165, 1.54) is 24.3 Å². The number of nitro groups is 1. The lowest BCUT2D eigenvalue weighted by molar-refractivity contribution is -0.384. The number of hydrogen-bond acceptors (Lipinski definition) is 4. The molecule has 0 bridgehead atoms. The van der Waals surface area contributed by atoms with Crippen molar-refractivity contribution in [2.45, 2.75) is 43.2 Å². The molecule has 1 saturated carbocycles. The SMILES string of the molecule is O=[N+]([O-])c1ccc(S(=O)(=O)N(Cc2ccccc2)C2CCCC2)cc1. The summed E-state index contributed by atoms with van der Waals surface area (Å²) in [6.45, 7) is 0.310. The smallest absolute Gasteiger partial charge is 0.258 e. The van der Waals surface area contributed by atoms with Gasteiger partial charge in [-0.05, 0) is 30.5 Å². The average Bonchev–Trinajstić information content (AvgIpc) is 3.14. The molecular weight excluding hydrogens is 340 g/mol. The maximum absolute atomic E-state index is 13.2. The fourth-order valence-corrected chi connectivity index (χ4v) is 4.91. The Morgan fingerprint density at radius 1 is 1.00 bits per heavy atom. The highest BCUT2D eigenvalue weighted by molar-refractivity contribution is 7.89. The van der Waals surface area contributed by atoms with Crippen LogP contribution in [0.1, 0.15) is 31.2 Å². The summed E-state index contributed by atoms with van der Waals surface area (Å²) in [5.74, 6) is 0. The number of benzene rings is 2. The van der Waals surface area contributed by atoms with E-state index in [1.54, 1.807) is 4.31 Å². The monoisotopic (exact) mass is 360 g/mol. The van der Waals surface area contributed by atoms with E-state index in [-0.39, 0.29) is 16.6 Å². The maximum Gasteiger partial charge on any atom is 0.269 e. The first-order valence-electron chi connectivity index (χ1n) is 8.29. The second kappa shape index (κ2) is 7.33. The summed E-state index contributed by atoms with van der Waals surface area (Å²) in [6.07, 6.45) is 3.73. The molecule has 25 heavy (non-hydrogen) atoms. The van der Waals surface area contributed by atoms with Crippen LogP contribution in [0.5, 0.6) is 0 Å². The molecule has 2 aromatic carbocycles. The third kappa shape index (κ3) is 3.88. The second-order valence-electron chi connectivity index (χ2n) is 6.23. The van der Waals surface area contributed by atoms with Crippen molar-refractivity contribution in [3.05, 3.63) is 70.3 Å². The summed E-state index contributed by atoms with van der Waals surface area (Å²) < 4.78 is 27.9. The Kier molecular flexibility index (Phi) is 5.15. The molecule has 0 heterocycles. The minimum absolute atomic E-state index is 0.0274. The molecule has 0 atom stereocenters. The highest BCUT2D eigenvalue weighted by atomic mass is 32.2. The minimum atomic E-state index is -3.71. The summed E-state index contributed by atoms with van der Waals surface area (Å²) in [7, 11) is -3.71. The van der Waals surface area contributed by atoms with E-state index in [1.807, 2.05) is 30.3 Å². The van der Waals surface area contributed by atoms with Crippen LogP contribution in [0.15, 0.2) is 59.5 Å². The first-order valence-corrected chi connectivity index (χ1v) is 9.73. The summed E-state index contributed by atoms with van der Waals surface area (Å²) in [4.78, 5) is 10.4. The Morgan fingerprint density at radius 2 is 1.60 bits per heavy atom. The van der Waals surface area contributed by atoms with Gasteiger partial charge in [0.15, 0.2) is 0 Å². The summed E-state index contributed by atoms with van der Waals surface area (Å²) in [5.41, 5.74) is 0.814. The van der Waals surface area contributed by atoms with Crippen LogP contribution in [-0.2, 0) is 16.6 Å². The van der Waals surface area contributed by atoms with Gasteiger partial charge in [-0.1, -0.05) is 43.2 Å². The number of sulfonamides is 1. The fraction of sp³-hybridized carbons (Fsp3) is 0.333. The molecule has 3 rings (SSSR count). The van der Waals surface area contributed by atoms with Gasteiger partial charge < -0.3 is 0 Å². The van der Waals surface area contributed by atoms with Crippen molar-refractivity contribution >= 4 is 15.7 Å². The zero-order valence-corrected chi connectivity index (χ0v) is 14.6. The molecule has 0 aliphatic heterocycles. The molecule has 6 nitrogen and oxygen atoms in total. The van der Waals surface area contributed by atoms with Gasteiger partial charge in [0.1, 0.15) is 0 Å². The fourth-order valence-electron chi connectivity index (χ4n) is 3.24. The first kappa shape index (κ1) is 17.6. The molecule has 1 aliphatic carbocycles. The molecular formula is C18H20N2O4S. The van der Waals surface area contributed by atoms with E-state index in [0.29, 0.717) is 6.54 Å². The quantitative estimate of drug-likeness (QED) is 0.581. The highest BCUT2D eigenvalue weighted by Gasteiger charge is 2.33. The lowest BCUT2D eigenvalue weighted by atomic mass is 10.2. The number of nitrogens with zero attached hydrogens (tertiary/aromatic N) is 2.